The van der Waals surface area contributed by atoms with Gasteiger partial charge in [-0.1, -0.05) is 0 Å². The second-order valence-electron chi connectivity index (χ2n) is 4.62. The first-order valence-corrected chi connectivity index (χ1v) is 5.67. The van der Waals surface area contributed by atoms with Crippen molar-refractivity contribution in [3.05, 3.63) is 29.1 Å². The molecule has 0 atom stereocenters. The van der Waals surface area contributed by atoms with Crippen molar-refractivity contribution in [2.75, 3.05) is 11.9 Å². The lowest BCUT2D eigenvalue weighted by Gasteiger charge is -2.13. The number of rotatable bonds is 4. The summed E-state index contributed by atoms with van der Waals surface area (Å²) in [6, 6.07) is 3.40. The van der Waals surface area contributed by atoms with Crippen LogP contribution >= 0.6 is 0 Å². The maximum Gasteiger partial charge on any atom is 0.134 e. The molecule has 86 valence electrons. The monoisotopic (exact) mass is 220 g/mol. The average molecular weight is 220 g/mol. The molecule has 2 nitrogen and oxygen atoms in total. The van der Waals surface area contributed by atoms with Crippen LogP contribution in [-0.4, -0.2) is 12.3 Å². The Hall–Kier alpha value is -1.38. The van der Waals surface area contributed by atoms with Crippen molar-refractivity contribution in [1.29, 1.82) is 5.41 Å². The van der Waals surface area contributed by atoms with Crippen LogP contribution in [0.25, 0.3) is 0 Å². The van der Waals surface area contributed by atoms with Crippen LogP contribution in [0.3, 0.4) is 0 Å². The fourth-order valence-electron chi connectivity index (χ4n) is 1.84. The average Bonchev–Trinajstić information content (AvgIpc) is 2.95. The third-order valence-electron chi connectivity index (χ3n) is 2.89. The standard InChI is InChI=1S/C13H17FN2/c1-8-5-11(14)13(9(2)15)12(6-8)16-7-10-3-4-10/h5-6,10,15-16H,3-4,7H2,1-2H3. The summed E-state index contributed by atoms with van der Waals surface area (Å²) in [5.41, 5.74) is 2.33. The number of hydrogen-bond donors (Lipinski definition) is 2. The summed E-state index contributed by atoms with van der Waals surface area (Å²) in [6.07, 6.45) is 2.53. The van der Waals surface area contributed by atoms with Crippen LogP contribution in [0.5, 0.6) is 0 Å². The molecule has 0 radical (unpaired) electrons. The second kappa shape index (κ2) is 4.24. The number of aryl methyl sites for hydroxylation is 1. The summed E-state index contributed by atoms with van der Waals surface area (Å²) in [4.78, 5) is 0. The van der Waals surface area contributed by atoms with Gasteiger partial charge in [-0.2, -0.15) is 0 Å². The summed E-state index contributed by atoms with van der Waals surface area (Å²) < 4.78 is 13.7. The van der Waals surface area contributed by atoms with Crippen molar-refractivity contribution < 1.29 is 4.39 Å². The highest BCUT2D eigenvalue weighted by atomic mass is 19.1. The zero-order valence-electron chi connectivity index (χ0n) is 9.73. The fraction of sp³-hybridized carbons (Fsp3) is 0.462. The smallest absolute Gasteiger partial charge is 0.134 e. The van der Waals surface area contributed by atoms with Crippen LogP contribution < -0.4 is 5.32 Å². The van der Waals surface area contributed by atoms with Gasteiger partial charge in [0.1, 0.15) is 5.82 Å². The zero-order chi connectivity index (χ0) is 11.7. The molecule has 0 heterocycles. The third-order valence-corrected chi connectivity index (χ3v) is 2.89. The number of anilines is 1. The van der Waals surface area contributed by atoms with Crippen molar-refractivity contribution in [3.8, 4) is 0 Å². The lowest BCUT2D eigenvalue weighted by atomic mass is 10.0. The highest BCUT2D eigenvalue weighted by molar-refractivity contribution is 6.01. The van der Waals surface area contributed by atoms with Crippen LogP contribution in [0.1, 0.15) is 30.9 Å². The predicted molar refractivity (Wildman–Crippen MR) is 64.9 cm³/mol. The van der Waals surface area contributed by atoms with E-state index in [1.54, 1.807) is 6.92 Å². The minimum Gasteiger partial charge on any atom is -0.384 e. The fourth-order valence-corrected chi connectivity index (χ4v) is 1.84. The van der Waals surface area contributed by atoms with E-state index >= 15 is 0 Å². The first kappa shape index (κ1) is 11.1. The molecule has 1 aromatic rings. The third kappa shape index (κ3) is 2.40. The first-order chi connectivity index (χ1) is 7.58. The lowest BCUT2D eigenvalue weighted by Crippen LogP contribution is -2.10. The van der Waals surface area contributed by atoms with Gasteiger partial charge < -0.3 is 10.7 Å². The Bertz CT molecular complexity index is 422. The van der Waals surface area contributed by atoms with Gasteiger partial charge in [0.2, 0.25) is 0 Å². The molecular weight excluding hydrogens is 203 g/mol. The molecule has 1 fully saturated rings. The van der Waals surface area contributed by atoms with E-state index in [1.807, 2.05) is 13.0 Å². The molecule has 3 heteroatoms. The summed E-state index contributed by atoms with van der Waals surface area (Å²) in [6.45, 7) is 4.38. The van der Waals surface area contributed by atoms with E-state index < -0.39 is 0 Å². The van der Waals surface area contributed by atoms with E-state index in [9.17, 15) is 4.39 Å². The van der Waals surface area contributed by atoms with E-state index in [4.69, 9.17) is 5.41 Å². The Balaban J connectivity index is 2.27. The van der Waals surface area contributed by atoms with Gasteiger partial charge in [-0.05, 0) is 50.3 Å². The van der Waals surface area contributed by atoms with Gasteiger partial charge in [0.15, 0.2) is 0 Å². The Labute approximate surface area is 95.4 Å². The Morgan fingerprint density at radius 2 is 2.19 bits per heavy atom. The number of halogens is 1. The molecule has 1 aliphatic carbocycles. The summed E-state index contributed by atoms with van der Waals surface area (Å²) in [5.74, 6) is 0.438. The van der Waals surface area contributed by atoms with Gasteiger partial charge in [0.05, 0.1) is 5.56 Å². The van der Waals surface area contributed by atoms with Crippen molar-refractivity contribution >= 4 is 11.4 Å². The quantitative estimate of drug-likeness (QED) is 0.750. The maximum atomic E-state index is 13.7. The number of nitrogens with one attached hydrogen (secondary N) is 2. The summed E-state index contributed by atoms with van der Waals surface area (Å²) in [5, 5.41) is 10.9. The number of benzene rings is 1. The molecular formula is C13H17FN2. The lowest BCUT2D eigenvalue weighted by molar-refractivity contribution is 0.624. The van der Waals surface area contributed by atoms with Crippen LogP contribution in [0, 0.1) is 24.1 Å². The SMILES string of the molecule is CC(=N)c1c(F)cc(C)cc1NCC1CC1. The molecule has 0 aliphatic heterocycles. The maximum absolute atomic E-state index is 13.7. The largest absolute Gasteiger partial charge is 0.384 e. The molecule has 16 heavy (non-hydrogen) atoms. The van der Waals surface area contributed by atoms with Gasteiger partial charge in [-0.15, -0.1) is 0 Å². The molecule has 1 saturated carbocycles. The molecule has 0 spiro atoms. The molecule has 0 saturated heterocycles. The van der Waals surface area contributed by atoms with Crippen molar-refractivity contribution in [2.24, 2.45) is 5.92 Å². The molecule has 2 rings (SSSR count). The molecule has 0 bridgehead atoms. The Kier molecular flexibility index (Phi) is 2.95. The van der Waals surface area contributed by atoms with Gasteiger partial charge in [-0.25, -0.2) is 4.39 Å². The number of hydrogen-bond acceptors (Lipinski definition) is 2. The first-order valence-electron chi connectivity index (χ1n) is 5.67. The normalized spacial score (nSPS) is 14.9. The van der Waals surface area contributed by atoms with Crippen LogP contribution in [0.2, 0.25) is 0 Å². The van der Waals surface area contributed by atoms with Crippen LogP contribution in [0.15, 0.2) is 12.1 Å². The van der Waals surface area contributed by atoms with Gasteiger partial charge in [0, 0.05) is 17.9 Å². The highest BCUT2D eigenvalue weighted by Gasteiger charge is 2.21. The van der Waals surface area contributed by atoms with Crippen molar-refractivity contribution in [2.45, 2.75) is 26.7 Å². The van der Waals surface area contributed by atoms with Crippen molar-refractivity contribution in [1.82, 2.24) is 0 Å². The molecule has 2 N–H and O–H groups in total. The van der Waals surface area contributed by atoms with Gasteiger partial charge in [0.25, 0.3) is 0 Å². The summed E-state index contributed by atoms with van der Waals surface area (Å²) in [7, 11) is 0. The molecule has 1 aromatic carbocycles. The molecule has 0 amide bonds. The summed E-state index contributed by atoms with van der Waals surface area (Å²) >= 11 is 0. The van der Waals surface area contributed by atoms with E-state index in [-0.39, 0.29) is 11.5 Å². The van der Waals surface area contributed by atoms with Crippen molar-refractivity contribution in [3.63, 3.8) is 0 Å². The molecule has 0 unspecified atom stereocenters. The molecule has 1 aliphatic rings. The highest BCUT2D eigenvalue weighted by Crippen LogP contribution is 2.30. The van der Waals surface area contributed by atoms with Gasteiger partial charge in [-0.3, -0.25) is 0 Å². The minimum absolute atomic E-state index is 0.274. The minimum atomic E-state index is -0.300. The van der Waals surface area contributed by atoms with Crippen LogP contribution in [0.4, 0.5) is 10.1 Å². The topological polar surface area (TPSA) is 35.9 Å². The van der Waals surface area contributed by atoms with Crippen LogP contribution in [-0.2, 0) is 0 Å². The van der Waals surface area contributed by atoms with E-state index in [0.717, 1.165) is 23.7 Å². The van der Waals surface area contributed by atoms with E-state index in [0.29, 0.717) is 5.56 Å². The van der Waals surface area contributed by atoms with E-state index in [2.05, 4.69) is 5.32 Å². The zero-order valence-corrected chi connectivity index (χ0v) is 9.73. The second-order valence-corrected chi connectivity index (χ2v) is 4.62. The Morgan fingerprint density at radius 1 is 1.50 bits per heavy atom. The predicted octanol–water partition coefficient (Wildman–Crippen LogP) is 3.34. The Morgan fingerprint density at radius 3 is 2.75 bits per heavy atom. The molecule has 0 aromatic heterocycles. The van der Waals surface area contributed by atoms with Gasteiger partial charge >= 0.3 is 0 Å². The van der Waals surface area contributed by atoms with E-state index in [1.165, 1.54) is 18.9 Å².